The molecular weight excluding hydrogens is 459 g/mol. The first-order valence-corrected chi connectivity index (χ1v) is 20.3. The summed E-state index contributed by atoms with van der Waals surface area (Å²) in [6.07, 6.45) is 23.1. The van der Waals surface area contributed by atoms with Gasteiger partial charge in [-0.25, -0.2) is 0 Å². The van der Waals surface area contributed by atoms with Crippen LogP contribution in [-0.4, -0.2) is 31.0 Å². The van der Waals surface area contributed by atoms with Gasteiger partial charge in [0.05, 0.1) is 5.97 Å². The third-order valence-corrected chi connectivity index (χ3v) is 4.73. The SMILES string of the molecule is CCCCCCCC/C=C\CCCCCCCCC(S)C(=O)[O-].[CH3][Sn+]([CH3])[CH3]. The molecule has 0 aliphatic rings. The van der Waals surface area contributed by atoms with Crippen molar-refractivity contribution in [2.75, 3.05) is 0 Å². The molecule has 0 saturated heterocycles. The Balaban J connectivity index is 0. The molecule has 27 heavy (non-hydrogen) atoms. The average molecular weight is 505 g/mol. The fraction of sp³-hybridized carbons (Fsp3) is 0.870. The molecule has 0 bridgehead atoms. The van der Waals surface area contributed by atoms with E-state index in [2.05, 4.69) is 46.5 Å². The summed E-state index contributed by atoms with van der Waals surface area (Å²) in [7, 11) is 0. The molecule has 0 aliphatic heterocycles. The van der Waals surface area contributed by atoms with Gasteiger partial charge in [-0.2, -0.15) is 12.6 Å². The molecule has 0 N–H and O–H groups in total. The second-order valence-electron chi connectivity index (χ2n) is 8.06. The summed E-state index contributed by atoms with van der Waals surface area (Å²) >= 11 is 3.44. The number of hydrogen-bond acceptors (Lipinski definition) is 3. The third-order valence-electron chi connectivity index (χ3n) is 4.26. The Labute approximate surface area is 183 Å². The van der Waals surface area contributed by atoms with Crippen LogP contribution in [0.2, 0.25) is 14.8 Å². The van der Waals surface area contributed by atoms with Gasteiger partial charge in [0, 0.05) is 5.25 Å². The van der Waals surface area contributed by atoms with Crippen molar-refractivity contribution in [2.24, 2.45) is 0 Å². The first-order chi connectivity index (χ1) is 12.9. The number of unbranched alkanes of at least 4 members (excludes halogenated alkanes) is 12. The summed E-state index contributed by atoms with van der Waals surface area (Å²) in [4.78, 5) is 17.6. The Morgan fingerprint density at radius 3 is 1.59 bits per heavy atom. The number of aliphatic carboxylic acids is 1. The zero-order valence-corrected chi connectivity index (χ0v) is 22.4. The van der Waals surface area contributed by atoms with Crippen molar-refractivity contribution in [3.63, 3.8) is 0 Å². The van der Waals surface area contributed by atoms with Crippen molar-refractivity contribution in [3.05, 3.63) is 12.2 Å². The van der Waals surface area contributed by atoms with Gasteiger partial charge in [0.1, 0.15) is 0 Å². The van der Waals surface area contributed by atoms with Gasteiger partial charge >= 0.3 is 34.6 Å². The van der Waals surface area contributed by atoms with Crippen LogP contribution in [0.25, 0.3) is 0 Å². The van der Waals surface area contributed by atoms with Gasteiger partial charge in [0.25, 0.3) is 0 Å². The van der Waals surface area contributed by atoms with Crippen LogP contribution in [-0.2, 0) is 4.79 Å². The van der Waals surface area contributed by atoms with E-state index >= 15 is 0 Å². The van der Waals surface area contributed by atoms with Crippen LogP contribution in [0, 0.1) is 0 Å². The second kappa shape index (κ2) is 24.4. The topological polar surface area (TPSA) is 40.1 Å². The molecule has 160 valence electrons. The summed E-state index contributed by atoms with van der Waals surface area (Å²) in [5.74, 6) is -1.04. The van der Waals surface area contributed by atoms with E-state index in [9.17, 15) is 9.90 Å². The van der Waals surface area contributed by atoms with Gasteiger partial charge in [-0.1, -0.05) is 83.3 Å². The number of allylic oxidation sites excluding steroid dienone is 2. The van der Waals surface area contributed by atoms with Gasteiger partial charge in [0.15, 0.2) is 0 Å². The molecule has 0 heterocycles. The molecule has 0 fully saturated rings. The third kappa shape index (κ3) is 31.3. The molecule has 0 aromatic rings. The Hall–Kier alpha value is 0.359. The van der Waals surface area contributed by atoms with E-state index in [1.165, 1.54) is 77.0 Å². The molecule has 1 atom stereocenters. The minimum atomic E-state index is -1.04. The monoisotopic (exact) mass is 506 g/mol. The Bertz CT molecular complexity index is 330. The van der Waals surface area contributed by atoms with Crippen molar-refractivity contribution in [3.8, 4) is 0 Å². The van der Waals surface area contributed by atoms with Crippen LogP contribution < -0.4 is 5.11 Å². The fourth-order valence-corrected chi connectivity index (χ4v) is 2.89. The summed E-state index contributed by atoms with van der Waals surface area (Å²) < 4.78 is 0. The molecule has 4 heteroatoms. The second-order valence-corrected chi connectivity index (χ2v) is 17.2. The van der Waals surface area contributed by atoms with Crippen LogP contribution in [0.1, 0.15) is 103 Å². The molecule has 0 spiro atoms. The zero-order valence-electron chi connectivity index (χ0n) is 18.6. The van der Waals surface area contributed by atoms with Gasteiger partial charge in [-0.15, -0.1) is 0 Å². The number of carboxylic acid groups (broad SMARTS) is 1. The normalized spacial score (nSPS) is 11.9. The van der Waals surface area contributed by atoms with E-state index < -0.39 is 31.0 Å². The maximum atomic E-state index is 10.5. The molecule has 0 aliphatic carbocycles. The van der Waals surface area contributed by atoms with Crippen LogP contribution in [0.4, 0.5) is 0 Å². The van der Waals surface area contributed by atoms with Gasteiger partial charge in [-0.05, 0) is 32.1 Å². The molecule has 0 aromatic carbocycles. The van der Waals surface area contributed by atoms with Crippen LogP contribution in [0.15, 0.2) is 12.2 Å². The summed E-state index contributed by atoms with van der Waals surface area (Å²) in [5.41, 5.74) is 0. The van der Waals surface area contributed by atoms with Crippen molar-refractivity contribution in [2.45, 2.75) is 123 Å². The van der Waals surface area contributed by atoms with Crippen molar-refractivity contribution in [1.82, 2.24) is 0 Å². The molecule has 2 nitrogen and oxygen atoms in total. The first kappa shape index (κ1) is 29.6. The quantitative estimate of drug-likeness (QED) is 0.102. The standard InChI is InChI=1S/C20H38O2S.3CH3.Sn/c1-2-3-4-5-6-7-8-9-10-11-12-13-14-15-16-17-18-19(23)20(21)22;;;;/h9-10,19,23H,2-8,11-18H2,1H3,(H,21,22);3*1H3;/q;;;;+1/p-1/b10-9-;;;;. The minimum absolute atomic E-state index is 0.543. The van der Waals surface area contributed by atoms with Crippen LogP contribution in [0.3, 0.4) is 0 Å². The number of rotatable bonds is 17. The van der Waals surface area contributed by atoms with Crippen molar-refractivity contribution >= 4 is 38.4 Å². The number of carbonyl (C=O) groups is 1. The molecule has 0 radical (unpaired) electrons. The Morgan fingerprint density at radius 1 is 0.815 bits per heavy atom. The van der Waals surface area contributed by atoms with E-state index in [1.807, 2.05) is 0 Å². The van der Waals surface area contributed by atoms with Crippen molar-refractivity contribution < 1.29 is 9.90 Å². The summed E-state index contributed by atoms with van der Waals surface area (Å²) in [6, 6.07) is 0. The van der Waals surface area contributed by atoms with E-state index in [0.29, 0.717) is 6.42 Å². The van der Waals surface area contributed by atoms with E-state index in [0.717, 1.165) is 12.8 Å². The number of carboxylic acids is 1. The van der Waals surface area contributed by atoms with Crippen LogP contribution >= 0.6 is 12.6 Å². The van der Waals surface area contributed by atoms with E-state index in [1.54, 1.807) is 0 Å². The Morgan fingerprint density at radius 2 is 1.19 bits per heavy atom. The van der Waals surface area contributed by atoms with Gasteiger partial charge in [-0.3, -0.25) is 0 Å². The molecule has 0 amide bonds. The molecular formula is C23H46O2SSn. The zero-order chi connectivity index (χ0) is 20.8. The Kier molecular flexibility index (Phi) is 26.7. The predicted octanol–water partition coefficient (Wildman–Crippen LogP) is 6.83. The summed E-state index contributed by atoms with van der Waals surface area (Å²) in [6.45, 7) is 2.26. The van der Waals surface area contributed by atoms with Crippen molar-refractivity contribution in [1.29, 1.82) is 0 Å². The maximum absolute atomic E-state index is 10.5. The van der Waals surface area contributed by atoms with Gasteiger partial charge < -0.3 is 9.90 Å². The van der Waals surface area contributed by atoms with E-state index in [-0.39, 0.29) is 0 Å². The molecule has 0 aromatic heterocycles. The number of thiol groups is 1. The molecule has 0 saturated carbocycles. The predicted molar refractivity (Wildman–Crippen MR) is 125 cm³/mol. The van der Waals surface area contributed by atoms with Crippen LogP contribution in [0.5, 0.6) is 0 Å². The molecule has 0 rings (SSSR count). The van der Waals surface area contributed by atoms with E-state index in [4.69, 9.17) is 0 Å². The fourth-order valence-electron chi connectivity index (χ4n) is 2.70. The summed E-state index contributed by atoms with van der Waals surface area (Å²) in [5, 5.41) is 9.91. The molecule has 1 unspecified atom stereocenters. The average Bonchev–Trinajstić information content (AvgIpc) is 2.60. The first-order valence-electron chi connectivity index (χ1n) is 11.2. The number of carbonyl (C=O) groups excluding carboxylic acids is 1. The van der Waals surface area contributed by atoms with Gasteiger partial charge in [0.2, 0.25) is 0 Å². The number of hydrogen-bond donors (Lipinski definition) is 1.